The fourth-order valence-corrected chi connectivity index (χ4v) is 2.96. The van der Waals surface area contributed by atoms with Gasteiger partial charge in [-0.25, -0.2) is 4.98 Å². The molecule has 0 bridgehead atoms. The van der Waals surface area contributed by atoms with Crippen LogP contribution in [-0.2, 0) is 12.0 Å². The molecule has 2 heterocycles. The van der Waals surface area contributed by atoms with Gasteiger partial charge in [-0.05, 0) is 28.7 Å². The van der Waals surface area contributed by atoms with Crippen LogP contribution in [0.4, 0.5) is 0 Å². The normalized spacial score (nSPS) is 12.2. The molecule has 144 valence electrons. The van der Waals surface area contributed by atoms with Gasteiger partial charge in [0.25, 0.3) is 11.1 Å². The van der Waals surface area contributed by atoms with Gasteiger partial charge in [0.05, 0.1) is 6.33 Å². The number of pyridine rings is 1. The fraction of sp³-hybridized carbons (Fsp3) is 0.227. The van der Waals surface area contributed by atoms with Gasteiger partial charge in [0.1, 0.15) is 5.02 Å². The van der Waals surface area contributed by atoms with E-state index in [0.29, 0.717) is 12.2 Å². The maximum atomic E-state index is 12.0. The molecule has 0 aliphatic carbocycles. The molecule has 5 nitrogen and oxygen atoms in total. The molecule has 1 aromatic carbocycles. The molecular weight excluding hydrogens is 374 g/mol. The van der Waals surface area contributed by atoms with Crippen LogP contribution >= 0.6 is 11.6 Å². The van der Waals surface area contributed by atoms with Crippen molar-refractivity contribution in [1.29, 1.82) is 0 Å². The number of halogens is 1. The summed E-state index contributed by atoms with van der Waals surface area (Å²) in [5, 5.41) is 0.134. The number of H-pyrrole nitrogens is 1. The lowest BCUT2D eigenvalue weighted by atomic mass is 9.86. The minimum Gasteiger partial charge on any atom is -0.321 e. The van der Waals surface area contributed by atoms with Crippen LogP contribution < -0.4 is 11.1 Å². The molecule has 0 saturated carbocycles. The average molecular weight is 396 g/mol. The van der Waals surface area contributed by atoms with Crippen LogP contribution in [0.15, 0.2) is 70.7 Å². The number of hydrogen-bond donors (Lipinski definition) is 1. The van der Waals surface area contributed by atoms with Gasteiger partial charge in [-0.3, -0.25) is 14.2 Å². The van der Waals surface area contributed by atoms with Crippen LogP contribution in [0.3, 0.4) is 0 Å². The predicted octanol–water partition coefficient (Wildman–Crippen LogP) is 4.01. The first-order chi connectivity index (χ1) is 13.3. The van der Waals surface area contributed by atoms with Gasteiger partial charge < -0.3 is 4.98 Å². The maximum absolute atomic E-state index is 12.0. The lowest BCUT2D eigenvalue weighted by molar-refractivity contribution is 0.590. The molecule has 0 amide bonds. The molecule has 0 spiro atoms. The highest BCUT2D eigenvalue weighted by molar-refractivity contribution is 6.30. The highest BCUT2D eigenvalue weighted by atomic mass is 35.5. The van der Waals surface area contributed by atoms with Crippen LogP contribution in [0.5, 0.6) is 0 Å². The first kappa shape index (κ1) is 19.8. The summed E-state index contributed by atoms with van der Waals surface area (Å²) in [4.78, 5) is 30.8. The molecule has 0 unspecified atom stereocenters. The Hall–Kier alpha value is -2.92. The fourth-order valence-electron chi connectivity index (χ4n) is 2.85. The molecule has 28 heavy (non-hydrogen) atoms. The number of allylic oxidation sites excluding steroid dienone is 1. The second kappa shape index (κ2) is 7.98. The Kier molecular flexibility index (Phi) is 5.66. The van der Waals surface area contributed by atoms with Gasteiger partial charge in [0, 0.05) is 30.1 Å². The lowest BCUT2D eigenvalue weighted by Crippen LogP contribution is -2.18. The van der Waals surface area contributed by atoms with Crippen LogP contribution in [0.1, 0.15) is 37.6 Å². The number of nitrogens with one attached hydrogen (secondary N) is 1. The Morgan fingerprint density at radius 1 is 1.11 bits per heavy atom. The number of hydrogen-bond acceptors (Lipinski definition) is 3. The van der Waals surface area contributed by atoms with E-state index in [-0.39, 0.29) is 21.6 Å². The molecule has 0 radical (unpaired) electrons. The largest absolute Gasteiger partial charge is 0.321 e. The molecule has 6 heteroatoms. The van der Waals surface area contributed by atoms with E-state index in [1.807, 2.05) is 18.2 Å². The summed E-state index contributed by atoms with van der Waals surface area (Å²) in [6, 6.07) is 12.9. The topological polar surface area (TPSA) is 67.8 Å². The predicted molar refractivity (Wildman–Crippen MR) is 113 cm³/mol. The van der Waals surface area contributed by atoms with Crippen molar-refractivity contribution in [1.82, 2.24) is 14.5 Å². The number of aromatic amines is 1. The van der Waals surface area contributed by atoms with Gasteiger partial charge in [-0.15, -0.1) is 0 Å². The van der Waals surface area contributed by atoms with Crippen molar-refractivity contribution in [2.75, 3.05) is 0 Å². The van der Waals surface area contributed by atoms with Gasteiger partial charge >= 0.3 is 0 Å². The third-order valence-electron chi connectivity index (χ3n) is 4.50. The van der Waals surface area contributed by atoms with Crippen LogP contribution in [-0.4, -0.2) is 14.5 Å². The summed E-state index contributed by atoms with van der Waals surface area (Å²) < 4.78 is 1.50. The van der Waals surface area contributed by atoms with E-state index in [2.05, 4.69) is 42.9 Å². The molecule has 0 saturated heterocycles. The van der Waals surface area contributed by atoms with Crippen molar-refractivity contribution in [3.63, 3.8) is 0 Å². The number of rotatable bonds is 4. The molecule has 3 rings (SSSR count). The van der Waals surface area contributed by atoms with E-state index >= 15 is 0 Å². The zero-order chi connectivity index (χ0) is 20.3. The van der Waals surface area contributed by atoms with Crippen molar-refractivity contribution in [2.45, 2.75) is 32.7 Å². The van der Waals surface area contributed by atoms with Crippen molar-refractivity contribution in [2.24, 2.45) is 0 Å². The third kappa shape index (κ3) is 4.49. The van der Waals surface area contributed by atoms with Crippen molar-refractivity contribution >= 4 is 17.2 Å². The van der Waals surface area contributed by atoms with E-state index in [1.165, 1.54) is 28.7 Å². The zero-order valence-corrected chi connectivity index (χ0v) is 16.8. The molecular formula is C22H22ClN3O2. The highest BCUT2D eigenvalue weighted by Gasteiger charge is 2.14. The summed E-state index contributed by atoms with van der Waals surface area (Å²) >= 11 is 5.88. The molecule has 1 N–H and O–H groups in total. The second-order valence-corrected chi connectivity index (χ2v) is 7.97. The second-order valence-electron chi connectivity index (χ2n) is 7.57. The van der Waals surface area contributed by atoms with Gasteiger partial charge in [0.2, 0.25) is 0 Å². The highest BCUT2D eigenvalue weighted by Crippen LogP contribution is 2.27. The van der Waals surface area contributed by atoms with Gasteiger partial charge in [-0.2, -0.15) is 0 Å². The monoisotopic (exact) mass is 395 g/mol. The van der Waals surface area contributed by atoms with E-state index in [0.717, 1.165) is 11.1 Å². The Balaban J connectivity index is 2.07. The standard InChI is InChI=1S/C22H22ClN3O2/c1-22(2,3)16-6-4-15(5-7-16)17(19-9-8-18(23)21(28)25-19)11-13-26-14-24-12-10-20(26)27/h4-12,14H,13H2,1-3H3,(H,25,28)/b17-11+. The summed E-state index contributed by atoms with van der Waals surface area (Å²) in [5.74, 6) is 0. The van der Waals surface area contributed by atoms with Gasteiger partial charge in [0.15, 0.2) is 0 Å². The van der Waals surface area contributed by atoms with E-state index < -0.39 is 0 Å². The van der Waals surface area contributed by atoms with E-state index in [1.54, 1.807) is 12.1 Å². The smallest absolute Gasteiger partial charge is 0.267 e. The van der Waals surface area contributed by atoms with Crippen LogP contribution in [0, 0.1) is 0 Å². The zero-order valence-electron chi connectivity index (χ0n) is 16.1. The van der Waals surface area contributed by atoms with Crippen LogP contribution in [0.25, 0.3) is 5.57 Å². The Bertz CT molecular complexity index is 1120. The number of benzene rings is 1. The molecule has 0 atom stereocenters. The SMILES string of the molecule is CC(C)(C)c1ccc(/C(=C\Cn2cnccc2=O)c2ccc(Cl)c(=O)[nH]2)cc1. The summed E-state index contributed by atoms with van der Waals surface area (Å²) in [6.07, 6.45) is 4.85. The third-order valence-corrected chi connectivity index (χ3v) is 4.80. The Labute approximate surface area is 168 Å². The average Bonchev–Trinajstić information content (AvgIpc) is 2.66. The van der Waals surface area contributed by atoms with Crippen molar-refractivity contribution < 1.29 is 0 Å². The molecule has 0 fully saturated rings. The van der Waals surface area contributed by atoms with E-state index in [4.69, 9.17) is 11.6 Å². The summed E-state index contributed by atoms with van der Waals surface area (Å²) in [5.41, 5.74) is 3.14. The molecule has 0 aliphatic heterocycles. The minimum atomic E-state index is -0.352. The Morgan fingerprint density at radius 3 is 2.43 bits per heavy atom. The first-order valence-corrected chi connectivity index (χ1v) is 9.34. The maximum Gasteiger partial charge on any atom is 0.267 e. The number of nitrogens with zero attached hydrogens (tertiary/aromatic N) is 2. The summed E-state index contributed by atoms with van der Waals surface area (Å²) in [7, 11) is 0. The quantitative estimate of drug-likeness (QED) is 0.725. The molecule has 0 aliphatic rings. The summed E-state index contributed by atoms with van der Waals surface area (Å²) in [6.45, 7) is 6.80. The molecule has 3 aromatic rings. The van der Waals surface area contributed by atoms with Crippen molar-refractivity contribution in [3.05, 3.63) is 104 Å². The number of aromatic nitrogens is 3. The lowest BCUT2D eigenvalue weighted by Gasteiger charge is -2.19. The van der Waals surface area contributed by atoms with E-state index in [9.17, 15) is 9.59 Å². The molecule has 2 aromatic heterocycles. The minimum absolute atomic E-state index is 0.0417. The van der Waals surface area contributed by atoms with Crippen LogP contribution in [0.2, 0.25) is 5.02 Å². The van der Waals surface area contributed by atoms with Gasteiger partial charge in [-0.1, -0.05) is 62.7 Å². The first-order valence-electron chi connectivity index (χ1n) is 8.96. The van der Waals surface area contributed by atoms with Crippen molar-refractivity contribution in [3.8, 4) is 0 Å². The Morgan fingerprint density at radius 2 is 1.82 bits per heavy atom.